The first-order valence-electron chi connectivity index (χ1n) is 6.69. The molecule has 0 aliphatic heterocycles. The van der Waals surface area contributed by atoms with Crippen LogP contribution in [-0.4, -0.2) is 35.9 Å². The first-order valence-corrected chi connectivity index (χ1v) is 7.07. The molecule has 0 bridgehead atoms. The summed E-state index contributed by atoms with van der Waals surface area (Å²) in [5.41, 5.74) is -0.249. The third kappa shape index (κ3) is 5.69. The number of nitro groups is 1. The van der Waals surface area contributed by atoms with Crippen molar-refractivity contribution in [3.8, 4) is 5.75 Å². The molecule has 1 rings (SSSR count). The van der Waals surface area contributed by atoms with Crippen LogP contribution in [-0.2, 0) is 9.53 Å². The average molecular weight is 329 g/mol. The van der Waals surface area contributed by atoms with Crippen LogP contribution < -0.4 is 0 Å². The highest BCUT2D eigenvalue weighted by Gasteiger charge is 2.17. The maximum Gasteiger partial charge on any atom is 0.312 e. The molecule has 1 aromatic rings. The number of hydrogen-bond donors (Lipinski definition) is 1. The van der Waals surface area contributed by atoms with Crippen molar-refractivity contribution in [2.75, 3.05) is 13.7 Å². The van der Waals surface area contributed by atoms with Crippen LogP contribution >= 0.6 is 11.6 Å². The van der Waals surface area contributed by atoms with Crippen molar-refractivity contribution < 1.29 is 19.6 Å². The number of nitro benzene ring substituents is 1. The van der Waals surface area contributed by atoms with Gasteiger partial charge in [0.25, 0.3) is 0 Å². The Labute approximate surface area is 132 Å². The standard InChI is InChI=1S/C14H17ClN2O5/c1-22-13(18)5-3-2-4-6-16-9-10-7-11(15)8-12(14(10)19)17(20)21/h7-9,19H,2-6H2,1H3. The molecule has 0 aliphatic carbocycles. The molecule has 0 saturated heterocycles. The predicted octanol–water partition coefficient (Wildman–Crippen LogP) is 3.11. The SMILES string of the molecule is COC(=O)CCCCCN=Cc1cc(Cl)cc([N+](=O)[O-])c1O. The van der Waals surface area contributed by atoms with Crippen molar-refractivity contribution in [2.45, 2.75) is 25.7 Å². The summed E-state index contributed by atoms with van der Waals surface area (Å²) in [6.45, 7) is 0.487. The third-order valence-corrected chi connectivity index (χ3v) is 3.13. The minimum absolute atomic E-state index is 0.157. The van der Waals surface area contributed by atoms with Crippen LogP contribution in [0.2, 0.25) is 5.02 Å². The van der Waals surface area contributed by atoms with Gasteiger partial charge in [0.15, 0.2) is 0 Å². The Hall–Kier alpha value is -2.15. The van der Waals surface area contributed by atoms with Gasteiger partial charge in [-0.15, -0.1) is 0 Å². The maximum absolute atomic E-state index is 10.9. The highest BCUT2D eigenvalue weighted by molar-refractivity contribution is 6.31. The number of nitrogens with zero attached hydrogens (tertiary/aromatic N) is 2. The minimum atomic E-state index is -0.703. The zero-order chi connectivity index (χ0) is 16.5. The van der Waals surface area contributed by atoms with Crippen LogP contribution in [0.15, 0.2) is 17.1 Å². The van der Waals surface area contributed by atoms with E-state index in [1.165, 1.54) is 19.4 Å². The fraction of sp³-hybridized carbons (Fsp3) is 0.429. The number of rotatable bonds is 8. The number of halogens is 1. The minimum Gasteiger partial charge on any atom is -0.502 e. The molecule has 7 nitrogen and oxygen atoms in total. The van der Waals surface area contributed by atoms with Crippen molar-refractivity contribution in [1.29, 1.82) is 0 Å². The number of hydrogen-bond acceptors (Lipinski definition) is 6. The summed E-state index contributed by atoms with van der Waals surface area (Å²) in [5.74, 6) is -0.691. The molecule has 1 N–H and O–H groups in total. The van der Waals surface area contributed by atoms with Crippen LogP contribution in [0.4, 0.5) is 5.69 Å². The molecule has 0 fully saturated rings. The molecule has 0 spiro atoms. The van der Waals surface area contributed by atoms with Gasteiger partial charge in [-0.25, -0.2) is 0 Å². The number of ether oxygens (including phenoxy) is 1. The molecular formula is C14H17ClN2O5. The van der Waals surface area contributed by atoms with E-state index in [9.17, 15) is 20.0 Å². The number of aliphatic imine (C=N–C) groups is 1. The maximum atomic E-state index is 10.9. The molecule has 8 heteroatoms. The molecule has 22 heavy (non-hydrogen) atoms. The zero-order valence-corrected chi connectivity index (χ0v) is 12.9. The number of unbranched alkanes of at least 4 members (excludes halogenated alkanes) is 2. The lowest BCUT2D eigenvalue weighted by Gasteiger charge is -2.01. The largest absolute Gasteiger partial charge is 0.502 e. The first kappa shape index (κ1) is 17.9. The first-order chi connectivity index (χ1) is 10.5. The van der Waals surface area contributed by atoms with Crippen LogP contribution in [0.1, 0.15) is 31.2 Å². The molecule has 0 radical (unpaired) electrons. The second-order valence-electron chi connectivity index (χ2n) is 4.54. The summed E-state index contributed by atoms with van der Waals surface area (Å²) in [6.07, 6.45) is 4.02. The number of aromatic hydroxyl groups is 1. The van der Waals surface area contributed by atoms with E-state index in [-0.39, 0.29) is 16.6 Å². The quantitative estimate of drug-likeness (QED) is 0.260. The molecule has 120 valence electrons. The second kappa shape index (κ2) is 8.99. The Morgan fingerprint density at radius 3 is 2.82 bits per heavy atom. The van der Waals surface area contributed by atoms with E-state index in [4.69, 9.17) is 11.6 Å². The Kier molecular flexibility index (Phi) is 7.31. The van der Waals surface area contributed by atoms with Gasteiger partial charge in [-0.2, -0.15) is 0 Å². The fourth-order valence-corrected chi connectivity index (χ4v) is 1.98. The lowest BCUT2D eigenvalue weighted by molar-refractivity contribution is -0.385. The lowest BCUT2D eigenvalue weighted by Crippen LogP contribution is -1.99. The van der Waals surface area contributed by atoms with Gasteiger partial charge in [0.1, 0.15) is 0 Å². The number of esters is 1. The van der Waals surface area contributed by atoms with Crippen molar-refractivity contribution in [2.24, 2.45) is 4.99 Å². The topological polar surface area (TPSA) is 102 Å². The number of carbonyl (C=O) groups excluding carboxylic acids is 1. The monoisotopic (exact) mass is 328 g/mol. The number of carbonyl (C=O) groups is 1. The van der Waals surface area contributed by atoms with Gasteiger partial charge in [-0.05, 0) is 18.9 Å². The van der Waals surface area contributed by atoms with E-state index in [2.05, 4.69) is 9.73 Å². The van der Waals surface area contributed by atoms with Gasteiger partial charge in [0.05, 0.1) is 12.0 Å². The molecule has 0 saturated carbocycles. The smallest absolute Gasteiger partial charge is 0.312 e. The van der Waals surface area contributed by atoms with E-state index >= 15 is 0 Å². The number of methoxy groups -OCH3 is 1. The number of phenols is 1. The summed E-state index contributed by atoms with van der Waals surface area (Å²) in [6, 6.07) is 2.49. The van der Waals surface area contributed by atoms with Crippen LogP contribution in [0.3, 0.4) is 0 Å². The van der Waals surface area contributed by atoms with E-state index in [0.717, 1.165) is 25.3 Å². The molecule has 1 aromatic carbocycles. The summed E-state index contributed by atoms with van der Waals surface area (Å²) < 4.78 is 4.53. The van der Waals surface area contributed by atoms with Gasteiger partial charge in [-0.3, -0.25) is 19.9 Å². The molecule has 0 heterocycles. The number of phenolic OH excluding ortho intramolecular Hbond substituents is 1. The Morgan fingerprint density at radius 1 is 1.45 bits per heavy atom. The molecule has 0 amide bonds. The Bertz CT molecular complexity index is 575. The van der Waals surface area contributed by atoms with E-state index < -0.39 is 16.4 Å². The van der Waals surface area contributed by atoms with Gasteiger partial charge in [0.2, 0.25) is 5.75 Å². The van der Waals surface area contributed by atoms with Crippen molar-refractivity contribution in [3.63, 3.8) is 0 Å². The Morgan fingerprint density at radius 2 is 2.18 bits per heavy atom. The Balaban J connectivity index is 2.50. The molecule has 0 aliphatic rings. The van der Waals surface area contributed by atoms with Gasteiger partial charge in [-0.1, -0.05) is 18.0 Å². The molecule has 0 unspecified atom stereocenters. The van der Waals surface area contributed by atoms with Gasteiger partial charge < -0.3 is 9.84 Å². The van der Waals surface area contributed by atoms with Crippen LogP contribution in [0.5, 0.6) is 5.75 Å². The normalized spacial score (nSPS) is 10.8. The van der Waals surface area contributed by atoms with Crippen molar-refractivity contribution >= 4 is 29.5 Å². The van der Waals surface area contributed by atoms with Gasteiger partial charge >= 0.3 is 11.7 Å². The summed E-state index contributed by atoms with van der Waals surface area (Å²) in [4.78, 5) is 25.0. The average Bonchev–Trinajstić information content (AvgIpc) is 2.48. The summed E-state index contributed by atoms with van der Waals surface area (Å²) >= 11 is 5.77. The molecular weight excluding hydrogens is 312 g/mol. The van der Waals surface area contributed by atoms with Crippen LogP contribution in [0, 0.1) is 10.1 Å². The van der Waals surface area contributed by atoms with E-state index in [0.29, 0.717) is 13.0 Å². The second-order valence-corrected chi connectivity index (χ2v) is 4.98. The third-order valence-electron chi connectivity index (χ3n) is 2.91. The highest BCUT2D eigenvalue weighted by Crippen LogP contribution is 2.32. The fourth-order valence-electron chi connectivity index (χ4n) is 1.76. The van der Waals surface area contributed by atoms with E-state index in [1.807, 2.05) is 0 Å². The molecule has 0 atom stereocenters. The van der Waals surface area contributed by atoms with Crippen molar-refractivity contribution in [3.05, 3.63) is 32.8 Å². The van der Waals surface area contributed by atoms with E-state index in [1.54, 1.807) is 0 Å². The number of benzene rings is 1. The van der Waals surface area contributed by atoms with Crippen LogP contribution in [0.25, 0.3) is 0 Å². The summed E-state index contributed by atoms with van der Waals surface area (Å²) in [7, 11) is 1.35. The molecule has 0 aromatic heterocycles. The van der Waals surface area contributed by atoms with Gasteiger partial charge in [0, 0.05) is 35.8 Å². The zero-order valence-electron chi connectivity index (χ0n) is 12.1. The predicted molar refractivity (Wildman–Crippen MR) is 82.7 cm³/mol. The lowest BCUT2D eigenvalue weighted by atomic mass is 10.2. The summed E-state index contributed by atoms with van der Waals surface area (Å²) in [5, 5.41) is 20.7. The highest BCUT2D eigenvalue weighted by atomic mass is 35.5. The van der Waals surface area contributed by atoms with Crippen molar-refractivity contribution in [1.82, 2.24) is 0 Å².